The van der Waals surface area contributed by atoms with Gasteiger partial charge in [0.1, 0.15) is 12.4 Å². The molecule has 0 amide bonds. The zero-order valence-electron chi connectivity index (χ0n) is 23.3. The summed E-state index contributed by atoms with van der Waals surface area (Å²) in [5.41, 5.74) is 8.24. The fraction of sp³-hybridized carbons (Fsp3) is 0.321. The van der Waals surface area contributed by atoms with Crippen molar-refractivity contribution in [2.24, 2.45) is 5.73 Å². The molecule has 0 aliphatic carbocycles. The van der Waals surface area contributed by atoms with Gasteiger partial charge in [-0.15, -0.1) is 0 Å². The van der Waals surface area contributed by atoms with Crippen LogP contribution in [0.3, 0.4) is 0 Å². The molecule has 0 bridgehead atoms. The van der Waals surface area contributed by atoms with Gasteiger partial charge in [-0.05, 0) is 49.2 Å². The molecule has 0 radical (unpaired) electrons. The lowest BCUT2D eigenvalue weighted by molar-refractivity contribution is 0.269. The standard InChI is InChI=1S/C28H37N5O6S2/c1-4-15-41(36,37)31-18-25(32-22-13-11-21(12-14-22)28(29)30)23-16-26(38-5-2)27(17-24(23)33-40(3,34)35)39-19-20-9-7-6-8-10-20/h6-14,16-17,25,31-33H,4-5,15,18-19H2,1-3H3,(H3,29,30)/t25-/m0/s1. The predicted octanol–water partition coefficient (Wildman–Crippen LogP) is 3.80. The molecule has 0 aliphatic heterocycles. The normalized spacial score (nSPS) is 12.4. The fourth-order valence-corrected chi connectivity index (χ4v) is 5.68. The molecule has 3 aromatic carbocycles. The molecule has 0 aliphatic rings. The van der Waals surface area contributed by atoms with Crippen LogP contribution in [0.5, 0.6) is 11.5 Å². The number of benzene rings is 3. The molecule has 0 fully saturated rings. The molecule has 0 spiro atoms. The van der Waals surface area contributed by atoms with E-state index in [9.17, 15) is 16.8 Å². The Balaban J connectivity index is 2.09. The molecule has 0 heterocycles. The van der Waals surface area contributed by atoms with Crippen LogP contribution >= 0.6 is 0 Å². The Bertz CT molecular complexity index is 1530. The summed E-state index contributed by atoms with van der Waals surface area (Å²) >= 11 is 0. The molecule has 1 atom stereocenters. The highest BCUT2D eigenvalue weighted by atomic mass is 32.2. The van der Waals surface area contributed by atoms with Gasteiger partial charge < -0.3 is 20.5 Å². The number of ether oxygens (including phenoxy) is 2. The molecule has 0 aromatic heterocycles. The van der Waals surface area contributed by atoms with E-state index in [1.54, 1.807) is 43.3 Å². The van der Waals surface area contributed by atoms with Gasteiger partial charge in [-0.1, -0.05) is 37.3 Å². The summed E-state index contributed by atoms with van der Waals surface area (Å²) in [6.07, 6.45) is 1.47. The Kier molecular flexibility index (Phi) is 11.0. The molecule has 41 heavy (non-hydrogen) atoms. The number of rotatable bonds is 16. The van der Waals surface area contributed by atoms with Crippen molar-refractivity contribution in [3.05, 3.63) is 83.4 Å². The second-order valence-corrected chi connectivity index (χ2v) is 13.0. The third kappa shape index (κ3) is 9.95. The van der Waals surface area contributed by atoms with E-state index in [0.717, 1.165) is 11.8 Å². The van der Waals surface area contributed by atoms with E-state index in [2.05, 4.69) is 14.8 Å². The van der Waals surface area contributed by atoms with E-state index in [-0.39, 0.29) is 30.4 Å². The number of anilines is 2. The second-order valence-electron chi connectivity index (χ2n) is 9.32. The van der Waals surface area contributed by atoms with Crippen LogP contribution in [0.25, 0.3) is 0 Å². The number of amidine groups is 1. The van der Waals surface area contributed by atoms with Crippen molar-refractivity contribution in [1.29, 1.82) is 5.41 Å². The molecular formula is C28H37N5O6S2. The first kappa shape index (κ1) is 31.7. The van der Waals surface area contributed by atoms with Gasteiger partial charge >= 0.3 is 0 Å². The maximum absolute atomic E-state index is 12.6. The van der Waals surface area contributed by atoms with Crippen LogP contribution in [-0.2, 0) is 26.7 Å². The Morgan fingerprint density at radius 1 is 0.951 bits per heavy atom. The first-order valence-corrected chi connectivity index (χ1v) is 16.6. The molecule has 13 heteroatoms. The first-order chi connectivity index (χ1) is 19.4. The van der Waals surface area contributed by atoms with E-state index in [1.165, 1.54) is 0 Å². The average Bonchev–Trinajstić information content (AvgIpc) is 2.91. The third-order valence-corrected chi connectivity index (χ3v) is 7.98. The van der Waals surface area contributed by atoms with Gasteiger partial charge in [-0.25, -0.2) is 21.6 Å². The third-order valence-electron chi connectivity index (χ3n) is 5.84. The van der Waals surface area contributed by atoms with E-state index < -0.39 is 26.1 Å². The maximum atomic E-state index is 12.6. The minimum atomic E-state index is -3.73. The summed E-state index contributed by atoms with van der Waals surface area (Å²) in [6.45, 7) is 4.02. The summed E-state index contributed by atoms with van der Waals surface area (Å²) in [5, 5.41) is 10.9. The van der Waals surface area contributed by atoms with Gasteiger partial charge in [0.2, 0.25) is 20.0 Å². The molecule has 0 unspecified atom stereocenters. The van der Waals surface area contributed by atoms with Crippen LogP contribution in [-0.4, -0.2) is 47.8 Å². The molecule has 11 nitrogen and oxygen atoms in total. The number of sulfonamides is 2. The van der Waals surface area contributed by atoms with Crippen molar-refractivity contribution in [2.45, 2.75) is 32.9 Å². The molecule has 0 saturated heterocycles. The minimum absolute atomic E-state index is 0.0576. The maximum Gasteiger partial charge on any atom is 0.229 e. The average molecular weight is 604 g/mol. The van der Waals surface area contributed by atoms with Crippen LogP contribution in [0.1, 0.15) is 43.0 Å². The van der Waals surface area contributed by atoms with Crippen molar-refractivity contribution in [2.75, 3.05) is 35.2 Å². The van der Waals surface area contributed by atoms with Crippen LogP contribution < -0.4 is 30.0 Å². The van der Waals surface area contributed by atoms with Gasteiger partial charge in [-0.2, -0.15) is 0 Å². The zero-order chi connectivity index (χ0) is 30.0. The smallest absolute Gasteiger partial charge is 0.229 e. The Hall–Kier alpha value is -3.81. The van der Waals surface area contributed by atoms with Crippen LogP contribution in [0.15, 0.2) is 66.7 Å². The Morgan fingerprint density at radius 3 is 2.20 bits per heavy atom. The number of nitrogens with two attached hydrogens (primary N) is 1. The number of nitrogens with one attached hydrogen (secondary N) is 4. The predicted molar refractivity (Wildman–Crippen MR) is 163 cm³/mol. The Labute approximate surface area is 242 Å². The van der Waals surface area contributed by atoms with Crippen molar-refractivity contribution in [3.63, 3.8) is 0 Å². The number of hydrogen-bond acceptors (Lipinski definition) is 8. The molecule has 0 saturated carbocycles. The topological polar surface area (TPSA) is 173 Å². The SMILES string of the molecule is CCCS(=O)(=O)NC[C@H](Nc1ccc(C(=N)N)cc1)c1cc(OCC)c(OCc2ccccc2)cc1NS(C)(=O)=O. The summed E-state index contributed by atoms with van der Waals surface area (Å²) in [4.78, 5) is 0. The summed E-state index contributed by atoms with van der Waals surface area (Å²) in [6, 6.07) is 18.7. The van der Waals surface area contributed by atoms with Gasteiger partial charge in [0.25, 0.3) is 0 Å². The minimum Gasteiger partial charge on any atom is -0.490 e. The van der Waals surface area contributed by atoms with Crippen LogP contribution in [0.4, 0.5) is 11.4 Å². The summed E-state index contributed by atoms with van der Waals surface area (Å²) in [7, 11) is -7.32. The van der Waals surface area contributed by atoms with Gasteiger partial charge in [0, 0.05) is 29.4 Å². The fourth-order valence-electron chi connectivity index (χ4n) is 4.01. The van der Waals surface area contributed by atoms with Crippen molar-refractivity contribution >= 4 is 37.3 Å². The van der Waals surface area contributed by atoms with Crippen molar-refractivity contribution in [3.8, 4) is 11.5 Å². The Morgan fingerprint density at radius 2 is 1.61 bits per heavy atom. The second kappa shape index (κ2) is 14.2. The molecule has 222 valence electrons. The van der Waals surface area contributed by atoms with Crippen molar-refractivity contribution in [1.82, 2.24) is 4.72 Å². The first-order valence-electron chi connectivity index (χ1n) is 13.0. The van der Waals surface area contributed by atoms with Gasteiger partial charge in [0.15, 0.2) is 11.5 Å². The lowest BCUT2D eigenvalue weighted by atomic mass is 10.0. The summed E-state index contributed by atoms with van der Waals surface area (Å²) in [5.74, 6) is 0.541. The summed E-state index contributed by atoms with van der Waals surface area (Å²) < 4.78 is 67.0. The zero-order valence-corrected chi connectivity index (χ0v) is 24.9. The van der Waals surface area contributed by atoms with Gasteiger partial charge in [-0.3, -0.25) is 10.1 Å². The van der Waals surface area contributed by atoms with E-state index >= 15 is 0 Å². The molecule has 6 N–H and O–H groups in total. The molecule has 3 rings (SSSR count). The van der Waals surface area contributed by atoms with Crippen LogP contribution in [0.2, 0.25) is 0 Å². The quantitative estimate of drug-likeness (QED) is 0.121. The molecular weight excluding hydrogens is 566 g/mol. The highest BCUT2D eigenvalue weighted by Crippen LogP contribution is 2.38. The van der Waals surface area contributed by atoms with E-state index in [0.29, 0.717) is 41.3 Å². The van der Waals surface area contributed by atoms with E-state index in [4.69, 9.17) is 20.6 Å². The lowest BCUT2D eigenvalue weighted by Crippen LogP contribution is -2.33. The number of nitrogen functional groups attached to an aromatic ring is 1. The monoisotopic (exact) mass is 603 g/mol. The highest BCUT2D eigenvalue weighted by Gasteiger charge is 2.24. The van der Waals surface area contributed by atoms with Crippen LogP contribution in [0, 0.1) is 5.41 Å². The number of hydrogen-bond donors (Lipinski definition) is 5. The van der Waals surface area contributed by atoms with Gasteiger partial charge in [0.05, 0.1) is 30.3 Å². The largest absolute Gasteiger partial charge is 0.490 e. The highest BCUT2D eigenvalue weighted by molar-refractivity contribution is 7.92. The molecule has 3 aromatic rings. The lowest BCUT2D eigenvalue weighted by Gasteiger charge is -2.25. The van der Waals surface area contributed by atoms with Crippen molar-refractivity contribution < 1.29 is 26.3 Å². The van der Waals surface area contributed by atoms with E-state index in [1.807, 2.05) is 37.3 Å².